The number of hydrogen-bond acceptors (Lipinski definition) is 7. The first-order valence-electron chi connectivity index (χ1n) is 40.4. The van der Waals surface area contributed by atoms with Crippen LogP contribution in [0.2, 0.25) is 0 Å². The predicted octanol–water partition coefficient (Wildman–Crippen LogP) is 26.7. The molecule has 0 rings (SSSR count). The quantitative estimate of drug-likeness (QED) is 0.0211. The Kier molecular flexibility index (Phi) is 71.6. The zero-order valence-electron chi connectivity index (χ0n) is 62.1. The average Bonchev–Trinajstić information content (AvgIpc) is 2.34. The fourth-order valence-corrected chi connectivity index (χ4v) is 12.9. The molecule has 0 saturated carbocycles. The molecule has 0 aliphatic rings. The molecule has 0 aliphatic carbocycles. The maximum absolute atomic E-state index is 12.9. The minimum absolute atomic E-state index is 0.0347. The van der Waals surface area contributed by atoms with Crippen LogP contribution in [-0.2, 0) is 32.7 Å². The summed E-state index contributed by atoms with van der Waals surface area (Å²) in [6.45, 7) is 4.49. The van der Waals surface area contributed by atoms with Gasteiger partial charge in [0.05, 0.1) is 27.7 Å². The number of carbonyl (C=O) groups is 2. The first-order chi connectivity index (χ1) is 45.0. The number of hydrogen-bond donors (Lipinski definition) is 1. The van der Waals surface area contributed by atoms with E-state index >= 15 is 0 Å². The van der Waals surface area contributed by atoms with Crippen LogP contribution in [-0.4, -0.2) is 74.9 Å². The minimum Gasteiger partial charge on any atom is -0.462 e. The molecule has 0 bridgehead atoms. The van der Waals surface area contributed by atoms with Crippen molar-refractivity contribution in [3.05, 3.63) is 48.6 Å². The lowest BCUT2D eigenvalue weighted by Gasteiger charge is -2.24. The molecule has 0 aromatic carbocycles. The van der Waals surface area contributed by atoms with Gasteiger partial charge in [0.15, 0.2) is 6.10 Å². The molecular formula is C82H157NO8P+. The van der Waals surface area contributed by atoms with Crippen LogP contribution in [0.3, 0.4) is 0 Å². The lowest BCUT2D eigenvalue weighted by Crippen LogP contribution is -2.37. The Balaban J connectivity index is 3.90. The van der Waals surface area contributed by atoms with E-state index < -0.39 is 26.5 Å². The van der Waals surface area contributed by atoms with Gasteiger partial charge in [-0.25, -0.2) is 4.57 Å². The van der Waals surface area contributed by atoms with Gasteiger partial charge in [-0.2, -0.15) is 0 Å². The van der Waals surface area contributed by atoms with Crippen LogP contribution in [0.1, 0.15) is 412 Å². The van der Waals surface area contributed by atoms with Crippen LogP contribution in [0, 0.1) is 0 Å². The van der Waals surface area contributed by atoms with Crippen LogP contribution < -0.4 is 0 Å². The first kappa shape index (κ1) is 90.0. The number of rotatable bonds is 76. The molecule has 0 aliphatic heterocycles. The third-order valence-corrected chi connectivity index (χ3v) is 19.3. The highest BCUT2D eigenvalue weighted by Crippen LogP contribution is 2.43. The van der Waals surface area contributed by atoms with Gasteiger partial charge in [0.2, 0.25) is 0 Å². The summed E-state index contributed by atoms with van der Waals surface area (Å²) in [5, 5.41) is 0. The number of ether oxygens (including phenoxy) is 2. The molecule has 0 amide bonds. The number of unbranched alkanes of at least 4 members (excludes halogenated alkanes) is 54. The molecule has 2 unspecified atom stereocenters. The number of allylic oxidation sites excluding steroid dienone is 8. The van der Waals surface area contributed by atoms with Crippen LogP contribution >= 0.6 is 7.82 Å². The van der Waals surface area contributed by atoms with Crippen LogP contribution in [0.4, 0.5) is 0 Å². The highest BCUT2D eigenvalue weighted by atomic mass is 31.2. The predicted molar refractivity (Wildman–Crippen MR) is 400 cm³/mol. The van der Waals surface area contributed by atoms with E-state index in [1.807, 2.05) is 21.1 Å². The van der Waals surface area contributed by atoms with E-state index in [4.69, 9.17) is 18.5 Å². The van der Waals surface area contributed by atoms with Gasteiger partial charge in [-0.1, -0.05) is 371 Å². The van der Waals surface area contributed by atoms with E-state index in [0.29, 0.717) is 23.9 Å². The van der Waals surface area contributed by atoms with Gasteiger partial charge in [0.25, 0.3) is 0 Å². The zero-order valence-corrected chi connectivity index (χ0v) is 63.0. The fourth-order valence-electron chi connectivity index (χ4n) is 12.1. The molecule has 92 heavy (non-hydrogen) atoms. The van der Waals surface area contributed by atoms with E-state index in [1.165, 1.54) is 334 Å². The highest BCUT2D eigenvalue weighted by Gasteiger charge is 2.27. The summed E-state index contributed by atoms with van der Waals surface area (Å²) in [6, 6.07) is 0. The van der Waals surface area contributed by atoms with Crippen LogP contribution in [0.15, 0.2) is 48.6 Å². The van der Waals surface area contributed by atoms with E-state index in [0.717, 1.165) is 44.9 Å². The highest BCUT2D eigenvalue weighted by molar-refractivity contribution is 7.47. The normalized spacial score (nSPS) is 13.2. The monoisotopic (exact) mass is 1320 g/mol. The molecule has 1 N–H and O–H groups in total. The SMILES string of the molecule is CCCCCCC/C=C\C/C=C\CCCCCCCCCCCCCCCCCCCCCCCCCCCC(=O)OC(COC(=O)CCCCCCCCCCCCCCCCCCCCC/C=C\C/C=C\CCCCCCC)COP(=O)(O)OCC[N+](C)(C)C. The number of phosphoric acid groups is 1. The van der Waals surface area contributed by atoms with Crippen molar-refractivity contribution in [1.82, 2.24) is 0 Å². The van der Waals surface area contributed by atoms with Gasteiger partial charge in [-0.3, -0.25) is 18.6 Å². The maximum atomic E-state index is 12.9. The number of nitrogens with zero attached hydrogens (tertiary/aromatic N) is 1. The molecule has 0 fully saturated rings. The third-order valence-electron chi connectivity index (χ3n) is 18.3. The Labute approximate surface area is 573 Å². The van der Waals surface area contributed by atoms with Crippen molar-refractivity contribution in [3.8, 4) is 0 Å². The van der Waals surface area contributed by atoms with Crippen LogP contribution in [0.25, 0.3) is 0 Å². The van der Waals surface area contributed by atoms with Crippen molar-refractivity contribution >= 4 is 19.8 Å². The van der Waals surface area contributed by atoms with Gasteiger partial charge in [-0.15, -0.1) is 0 Å². The molecule has 0 heterocycles. The Morgan fingerprint density at radius 2 is 0.587 bits per heavy atom. The van der Waals surface area contributed by atoms with E-state index in [9.17, 15) is 19.0 Å². The number of quaternary nitrogens is 1. The smallest absolute Gasteiger partial charge is 0.462 e. The summed E-state index contributed by atoms with van der Waals surface area (Å²) in [5.41, 5.74) is 0. The third kappa shape index (κ3) is 77.0. The van der Waals surface area contributed by atoms with Crippen molar-refractivity contribution in [2.75, 3.05) is 47.5 Å². The molecule has 0 radical (unpaired) electrons. The molecular weight excluding hydrogens is 1160 g/mol. The second kappa shape index (κ2) is 73.2. The molecule has 10 heteroatoms. The van der Waals surface area contributed by atoms with Crippen molar-refractivity contribution in [3.63, 3.8) is 0 Å². The van der Waals surface area contributed by atoms with E-state index in [1.54, 1.807) is 0 Å². The largest absolute Gasteiger partial charge is 0.472 e. The number of esters is 2. The summed E-state index contributed by atoms with van der Waals surface area (Å²) < 4.78 is 34.8. The standard InChI is InChI=1S/C82H156NO8P/c1-6-8-10-12-14-16-18-20-22-24-26-28-30-32-34-36-38-39-40-41-42-43-45-47-49-51-53-55-57-59-61-63-65-67-69-71-73-75-82(85)91-80(79-90-92(86,87)89-77-76-83(3,4)5)78-88-81(84)74-72-70-68-66-64-62-60-58-56-54-52-50-48-46-44-37-35-33-31-29-27-25-23-21-19-17-15-13-11-9-7-2/h18-21,24-27,80H,6-17,22-23,28-79H2,1-5H3/p+1/b20-18-,21-19-,26-24-,27-25-. The van der Waals surface area contributed by atoms with Gasteiger partial charge in [0.1, 0.15) is 19.8 Å². The van der Waals surface area contributed by atoms with Gasteiger partial charge >= 0.3 is 19.8 Å². The maximum Gasteiger partial charge on any atom is 0.472 e. The van der Waals surface area contributed by atoms with Crippen molar-refractivity contribution in [2.45, 2.75) is 418 Å². The van der Waals surface area contributed by atoms with Crippen molar-refractivity contribution in [1.29, 1.82) is 0 Å². The van der Waals surface area contributed by atoms with Gasteiger partial charge < -0.3 is 18.9 Å². The number of phosphoric ester groups is 1. The minimum atomic E-state index is -4.39. The van der Waals surface area contributed by atoms with Gasteiger partial charge in [-0.05, 0) is 77.0 Å². The summed E-state index contributed by atoms with van der Waals surface area (Å²) in [4.78, 5) is 36.0. The number of likely N-dealkylation sites (N-methyl/N-ethyl adjacent to an activating group) is 1. The second-order valence-electron chi connectivity index (χ2n) is 28.8. The molecule has 0 saturated heterocycles. The molecule has 542 valence electrons. The van der Waals surface area contributed by atoms with Crippen LogP contribution in [0.5, 0.6) is 0 Å². The second-order valence-corrected chi connectivity index (χ2v) is 30.3. The van der Waals surface area contributed by atoms with Gasteiger partial charge in [0, 0.05) is 12.8 Å². The fraction of sp³-hybridized carbons (Fsp3) is 0.878. The van der Waals surface area contributed by atoms with Crippen molar-refractivity contribution < 1.29 is 42.1 Å². The summed E-state index contributed by atoms with van der Waals surface area (Å²) in [5.74, 6) is -0.773. The first-order valence-corrected chi connectivity index (χ1v) is 41.9. The lowest BCUT2D eigenvalue weighted by molar-refractivity contribution is -0.870. The summed E-state index contributed by atoms with van der Waals surface area (Å²) in [6.07, 6.45) is 96.9. The Bertz CT molecular complexity index is 1690. The van der Waals surface area contributed by atoms with Crippen molar-refractivity contribution in [2.24, 2.45) is 0 Å². The summed E-state index contributed by atoms with van der Waals surface area (Å²) >= 11 is 0. The topological polar surface area (TPSA) is 108 Å². The average molecular weight is 1320 g/mol. The lowest BCUT2D eigenvalue weighted by atomic mass is 10.0. The number of carbonyl (C=O) groups excluding carboxylic acids is 2. The van der Waals surface area contributed by atoms with E-state index in [2.05, 4.69) is 62.5 Å². The Morgan fingerprint density at radius 1 is 0.337 bits per heavy atom. The zero-order chi connectivity index (χ0) is 66.9. The molecule has 0 aromatic rings. The Morgan fingerprint density at radius 3 is 0.859 bits per heavy atom. The molecule has 2 atom stereocenters. The molecule has 9 nitrogen and oxygen atoms in total. The Hall–Kier alpha value is -2.03. The van der Waals surface area contributed by atoms with E-state index in [-0.39, 0.29) is 25.6 Å². The molecule has 0 spiro atoms. The summed E-state index contributed by atoms with van der Waals surface area (Å²) in [7, 11) is 1.50. The molecule has 0 aromatic heterocycles.